The zero-order valence-corrected chi connectivity index (χ0v) is 19.0. The molecule has 0 saturated carbocycles. The summed E-state index contributed by atoms with van der Waals surface area (Å²) in [4.78, 5) is 15.9. The van der Waals surface area contributed by atoms with E-state index in [0.29, 0.717) is 42.5 Å². The van der Waals surface area contributed by atoms with E-state index in [-0.39, 0.29) is 24.5 Å². The molecule has 1 amide bonds. The zero-order valence-electron chi connectivity index (χ0n) is 19.0. The van der Waals surface area contributed by atoms with E-state index in [1.165, 1.54) is 10.1 Å². The van der Waals surface area contributed by atoms with Gasteiger partial charge in [0.25, 0.3) is 0 Å². The van der Waals surface area contributed by atoms with E-state index in [9.17, 15) is 14.4 Å². The lowest BCUT2D eigenvalue weighted by Gasteiger charge is -2.38. The highest BCUT2D eigenvalue weighted by molar-refractivity contribution is 5.76. The summed E-state index contributed by atoms with van der Waals surface area (Å²) in [7, 11) is 0. The van der Waals surface area contributed by atoms with Crippen molar-refractivity contribution >= 4 is 17.1 Å². The molecule has 0 aliphatic carbocycles. The molecule has 1 unspecified atom stereocenters. The van der Waals surface area contributed by atoms with Gasteiger partial charge in [-0.3, -0.25) is 14.4 Å². The SMILES string of the molecule is CC(C)C1Cc2c(nn3c2CN(c2ccc(C#N)n4ncc(F)c24)C[C@H]3C)CN1CC(N)=O. The van der Waals surface area contributed by atoms with Crippen LogP contribution >= 0.6 is 0 Å². The average Bonchev–Trinajstić information content (AvgIpc) is 3.33. The topological polar surface area (TPSA) is 108 Å². The summed E-state index contributed by atoms with van der Waals surface area (Å²) in [6.45, 7) is 8.46. The van der Waals surface area contributed by atoms with Gasteiger partial charge in [-0.15, -0.1) is 0 Å². The molecule has 0 radical (unpaired) electrons. The van der Waals surface area contributed by atoms with Crippen molar-refractivity contribution < 1.29 is 9.18 Å². The standard InChI is InChI=1S/C23H27FN8O/c1-13(2)20-6-16-18(10-30(20)12-22(26)33)28-31-14(3)9-29(11-21(16)31)19-5-4-15(7-25)32-23(19)17(24)8-27-32/h4-5,8,13-14,20H,6,9-12H2,1-3H3,(H2,26,33)/t14-,20?/m1/s1. The number of nitrogens with two attached hydrogens (primary N) is 1. The van der Waals surface area contributed by atoms with Crippen LogP contribution in [0.15, 0.2) is 18.3 Å². The van der Waals surface area contributed by atoms with Crippen LogP contribution < -0.4 is 10.6 Å². The van der Waals surface area contributed by atoms with E-state index in [0.717, 1.165) is 24.0 Å². The van der Waals surface area contributed by atoms with Gasteiger partial charge in [0.2, 0.25) is 5.91 Å². The van der Waals surface area contributed by atoms with Crippen molar-refractivity contribution in [1.29, 1.82) is 5.26 Å². The van der Waals surface area contributed by atoms with Crippen LogP contribution in [-0.2, 0) is 24.3 Å². The second-order valence-electron chi connectivity index (χ2n) is 9.40. The minimum absolute atomic E-state index is 0.0723. The number of halogens is 1. The number of hydrogen-bond donors (Lipinski definition) is 1. The molecule has 3 aromatic heterocycles. The molecule has 9 nitrogen and oxygen atoms in total. The molecule has 3 aromatic rings. The lowest BCUT2D eigenvalue weighted by molar-refractivity contribution is -0.120. The Morgan fingerprint density at radius 1 is 1.36 bits per heavy atom. The second kappa shape index (κ2) is 7.85. The molecule has 10 heteroatoms. The number of carbonyl (C=O) groups is 1. The largest absolute Gasteiger partial charge is 0.369 e. The normalized spacial score (nSPS) is 20.7. The Kier molecular flexibility index (Phi) is 5.09. The number of primary amides is 1. The third kappa shape index (κ3) is 3.43. The first kappa shape index (κ1) is 21.4. The van der Waals surface area contributed by atoms with E-state index in [1.807, 2.05) is 0 Å². The van der Waals surface area contributed by atoms with Crippen molar-refractivity contribution in [3.05, 3.63) is 46.8 Å². The predicted molar refractivity (Wildman–Crippen MR) is 120 cm³/mol. The maximum Gasteiger partial charge on any atom is 0.231 e. The van der Waals surface area contributed by atoms with E-state index >= 15 is 0 Å². The maximum atomic E-state index is 14.7. The summed E-state index contributed by atoms with van der Waals surface area (Å²) in [6, 6.07) is 5.82. The highest BCUT2D eigenvalue weighted by atomic mass is 19.1. The lowest BCUT2D eigenvalue weighted by atomic mass is 9.89. The highest BCUT2D eigenvalue weighted by Gasteiger charge is 2.36. The Bertz CT molecular complexity index is 1290. The van der Waals surface area contributed by atoms with Gasteiger partial charge in [0.05, 0.1) is 42.4 Å². The van der Waals surface area contributed by atoms with E-state index in [2.05, 4.69) is 46.4 Å². The quantitative estimate of drug-likeness (QED) is 0.651. The number of amides is 1. The van der Waals surface area contributed by atoms with E-state index < -0.39 is 5.82 Å². The minimum Gasteiger partial charge on any atom is -0.369 e. The summed E-state index contributed by atoms with van der Waals surface area (Å²) in [6.07, 6.45) is 1.94. The molecule has 2 aliphatic heterocycles. The molecular weight excluding hydrogens is 423 g/mol. The Morgan fingerprint density at radius 2 is 2.15 bits per heavy atom. The molecule has 5 rings (SSSR count). The number of nitrogens with zero attached hydrogens (tertiary/aromatic N) is 7. The van der Waals surface area contributed by atoms with Crippen molar-refractivity contribution in [2.75, 3.05) is 18.0 Å². The number of hydrogen-bond acceptors (Lipinski definition) is 6. The van der Waals surface area contributed by atoms with Crippen LogP contribution in [0.4, 0.5) is 10.1 Å². The number of rotatable bonds is 4. The van der Waals surface area contributed by atoms with Gasteiger partial charge < -0.3 is 10.6 Å². The molecule has 0 saturated heterocycles. The second-order valence-corrected chi connectivity index (χ2v) is 9.40. The predicted octanol–water partition coefficient (Wildman–Crippen LogP) is 1.99. The summed E-state index contributed by atoms with van der Waals surface area (Å²) in [5.41, 5.74) is 10.1. The first-order chi connectivity index (χ1) is 15.8. The molecule has 0 fully saturated rings. The van der Waals surface area contributed by atoms with Gasteiger partial charge in [-0.2, -0.15) is 15.5 Å². The van der Waals surface area contributed by atoms with E-state index in [1.54, 1.807) is 12.1 Å². The fraction of sp³-hybridized carbons (Fsp3) is 0.478. The highest BCUT2D eigenvalue weighted by Crippen LogP contribution is 2.36. The van der Waals surface area contributed by atoms with Crippen LogP contribution in [0, 0.1) is 23.1 Å². The number of pyridine rings is 1. The molecule has 172 valence electrons. The third-order valence-electron chi connectivity index (χ3n) is 6.86. The van der Waals surface area contributed by atoms with E-state index in [4.69, 9.17) is 10.8 Å². The van der Waals surface area contributed by atoms with Crippen molar-refractivity contribution in [2.45, 2.75) is 52.4 Å². The molecule has 2 aliphatic rings. The number of anilines is 1. The summed E-state index contributed by atoms with van der Waals surface area (Å²) >= 11 is 0. The van der Waals surface area contributed by atoms with Crippen LogP contribution in [0.25, 0.3) is 5.52 Å². The van der Waals surface area contributed by atoms with Crippen LogP contribution in [0.3, 0.4) is 0 Å². The van der Waals surface area contributed by atoms with Crippen LogP contribution in [0.2, 0.25) is 0 Å². The zero-order chi connectivity index (χ0) is 23.4. The molecule has 2 atom stereocenters. The molecule has 33 heavy (non-hydrogen) atoms. The number of carbonyl (C=O) groups excluding carboxylic acids is 1. The maximum absolute atomic E-state index is 14.7. The van der Waals surface area contributed by atoms with Crippen LogP contribution in [0.5, 0.6) is 0 Å². The van der Waals surface area contributed by atoms with Crippen molar-refractivity contribution in [1.82, 2.24) is 24.3 Å². The first-order valence-electron chi connectivity index (χ1n) is 11.2. The van der Waals surface area contributed by atoms with Gasteiger partial charge in [-0.1, -0.05) is 13.8 Å². The monoisotopic (exact) mass is 450 g/mol. The Hall–Kier alpha value is -3.45. The summed E-state index contributed by atoms with van der Waals surface area (Å²) in [5.74, 6) is -0.428. The first-order valence-corrected chi connectivity index (χ1v) is 11.2. The average molecular weight is 451 g/mol. The van der Waals surface area contributed by atoms with Gasteiger partial charge in [0.1, 0.15) is 17.3 Å². The summed E-state index contributed by atoms with van der Waals surface area (Å²) in [5, 5.41) is 18.3. The third-order valence-corrected chi connectivity index (χ3v) is 6.86. The van der Waals surface area contributed by atoms with Crippen LogP contribution in [0.1, 0.15) is 49.5 Å². The lowest BCUT2D eigenvalue weighted by Crippen LogP contribution is -2.47. The van der Waals surface area contributed by atoms with Crippen molar-refractivity contribution in [2.24, 2.45) is 11.7 Å². The molecule has 2 N–H and O–H groups in total. The van der Waals surface area contributed by atoms with Gasteiger partial charge in [0, 0.05) is 24.7 Å². The summed E-state index contributed by atoms with van der Waals surface area (Å²) < 4.78 is 18.1. The molecular formula is C23H27FN8O. The van der Waals surface area contributed by atoms with Crippen LogP contribution in [-0.4, -0.2) is 49.3 Å². The number of aromatic nitrogens is 4. The number of fused-ring (bicyclic) bond motifs is 4. The van der Waals surface area contributed by atoms with Gasteiger partial charge in [0.15, 0.2) is 5.82 Å². The fourth-order valence-electron chi connectivity index (χ4n) is 5.34. The molecule has 5 heterocycles. The van der Waals surface area contributed by atoms with Gasteiger partial charge in [-0.25, -0.2) is 8.91 Å². The Morgan fingerprint density at radius 3 is 2.85 bits per heavy atom. The van der Waals surface area contributed by atoms with Gasteiger partial charge in [-0.05, 0) is 31.4 Å². The van der Waals surface area contributed by atoms with Crippen molar-refractivity contribution in [3.63, 3.8) is 0 Å². The fourth-order valence-corrected chi connectivity index (χ4v) is 5.34. The Labute approximate surface area is 191 Å². The molecule has 0 spiro atoms. The Balaban J connectivity index is 1.55. The smallest absolute Gasteiger partial charge is 0.231 e. The molecule has 0 bridgehead atoms. The minimum atomic E-state index is -0.446. The van der Waals surface area contributed by atoms with Gasteiger partial charge >= 0.3 is 0 Å². The number of nitriles is 1. The van der Waals surface area contributed by atoms with Crippen molar-refractivity contribution in [3.8, 4) is 6.07 Å². The molecule has 0 aromatic carbocycles.